The summed E-state index contributed by atoms with van der Waals surface area (Å²) in [6, 6.07) is 0.695. The lowest BCUT2D eigenvalue weighted by atomic mass is 9.94. The number of ether oxygens (including phenoxy) is 1. The first kappa shape index (κ1) is 12.9. The van der Waals surface area contributed by atoms with E-state index in [9.17, 15) is 0 Å². The molecule has 0 bridgehead atoms. The first-order valence-corrected chi connectivity index (χ1v) is 6.04. The molecule has 0 amide bonds. The topological polar surface area (TPSA) is 24.5 Å². The van der Waals surface area contributed by atoms with Crippen LogP contribution in [0.25, 0.3) is 0 Å². The Hall–Kier alpha value is -0.120. The summed E-state index contributed by atoms with van der Waals surface area (Å²) in [4.78, 5) is 2.42. The second-order valence-corrected chi connectivity index (χ2v) is 5.10. The predicted octanol–water partition coefficient (Wildman–Crippen LogP) is 1.20. The molecule has 1 rings (SSSR count). The second-order valence-electron chi connectivity index (χ2n) is 5.10. The van der Waals surface area contributed by atoms with Gasteiger partial charge in [0, 0.05) is 32.8 Å². The Balaban J connectivity index is 2.20. The highest BCUT2D eigenvalue weighted by molar-refractivity contribution is 4.81. The number of hydrogen-bond acceptors (Lipinski definition) is 3. The molecule has 3 heteroatoms. The van der Waals surface area contributed by atoms with Crippen LogP contribution in [0.5, 0.6) is 0 Å². The normalized spacial score (nSPS) is 30.4. The van der Waals surface area contributed by atoms with Crippen LogP contribution in [0, 0.1) is 11.8 Å². The van der Waals surface area contributed by atoms with E-state index in [0.29, 0.717) is 12.0 Å². The van der Waals surface area contributed by atoms with Gasteiger partial charge in [0.25, 0.3) is 0 Å². The molecule has 1 saturated heterocycles. The summed E-state index contributed by atoms with van der Waals surface area (Å²) in [5, 5.41) is 3.67. The van der Waals surface area contributed by atoms with Crippen LogP contribution in [0.15, 0.2) is 0 Å². The molecule has 3 unspecified atom stereocenters. The van der Waals surface area contributed by atoms with Crippen molar-refractivity contribution >= 4 is 0 Å². The Morgan fingerprint density at radius 3 is 2.87 bits per heavy atom. The summed E-state index contributed by atoms with van der Waals surface area (Å²) in [6.45, 7) is 8.95. The van der Waals surface area contributed by atoms with Gasteiger partial charge < -0.3 is 15.0 Å². The molecule has 3 atom stereocenters. The Kier molecular flexibility index (Phi) is 5.58. The highest BCUT2D eigenvalue weighted by Gasteiger charge is 2.23. The minimum atomic E-state index is 0.613. The van der Waals surface area contributed by atoms with Crippen LogP contribution in [-0.2, 0) is 4.74 Å². The minimum absolute atomic E-state index is 0.613. The van der Waals surface area contributed by atoms with E-state index in [2.05, 4.69) is 31.1 Å². The van der Waals surface area contributed by atoms with E-state index in [4.69, 9.17) is 4.74 Å². The molecule has 0 aromatic heterocycles. The zero-order chi connectivity index (χ0) is 11.3. The molecule has 0 spiro atoms. The Morgan fingerprint density at radius 1 is 1.53 bits per heavy atom. The van der Waals surface area contributed by atoms with Crippen molar-refractivity contribution in [3.63, 3.8) is 0 Å². The lowest BCUT2D eigenvalue weighted by molar-refractivity contribution is 0.141. The van der Waals surface area contributed by atoms with E-state index in [1.807, 2.05) is 0 Å². The monoisotopic (exact) mass is 214 g/mol. The fourth-order valence-corrected chi connectivity index (χ4v) is 2.35. The third kappa shape index (κ3) is 4.49. The third-order valence-corrected chi connectivity index (χ3v) is 3.29. The van der Waals surface area contributed by atoms with Crippen LogP contribution >= 0.6 is 0 Å². The van der Waals surface area contributed by atoms with Gasteiger partial charge in [-0.05, 0) is 31.8 Å². The largest absolute Gasteiger partial charge is 0.384 e. The molecule has 90 valence electrons. The van der Waals surface area contributed by atoms with Crippen molar-refractivity contribution in [3.8, 4) is 0 Å². The average molecular weight is 214 g/mol. The minimum Gasteiger partial charge on any atom is -0.384 e. The van der Waals surface area contributed by atoms with Crippen LogP contribution < -0.4 is 5.32 Å². The number of likely N-dealkylation sites (tertiary alicyclic amines) is 1. The van der Waals surface area contributed by atoms with Crippen LogP contribution in [0.3, 0.4) is 0 Å². The van der Waals surface area contributed by atoms with Gasteiger partial charge in [-0.3, -0.25) is 0 Å². The van der Waals surface area contributed by atoms with Gasteiger partial charge in [-0.25, -0.2) is 0 Å². The standard InChI is InChI=1S/C12H26N2O/c1-10(9-15-4)7-13-12-5-6-14(3)8-11(12)2/h10-13H,5-9H2,1-4H3. The predicted molar refractivity (Wildman–Crippen MR) is 64.1 cm³/mol. The lowest BCUT2D eigenvalue weighted by Crippen LogP contribution is -2.48. The molecule has 0 aromatic carbocycles. The summed E-state index contributed by atoms with van der Waals surface area (Å²) in [6.07, 6.45) is 1.28. The quantitative estimate of drug-likeness (QED) is 0.744. The average Bonchev–Trinajstić information content (AvgIpc) is 2.17. The Labute approximate surface area is 94.2 Å². The van der Waals surface area contributed by atoms with E-state index in [1.54, 1.807) is 7.11 Å². The Morgan fingerprint density at radius 2 is 2.27 bits per heavy atom. The molecular formula is C12H26N2O. The summed E-state index contributed by atoms with van der Waals surface area (Å²) >= 11 is 0. The molecule has 1 heterocycles. The molecule has 1 fully saturated rings. The molecule has 1 aliphatic heterocycles. The van der Waals surface area contributed by atoms with Gasteiger partial charge in [-0.1, -0.05) is 13.8 Å². The highest BCUT2D eigenvalue weighted by atomic mass is 16.5. The van der Waals surface area contributed by atoms with Crippen molar-refractivity contribution < 1.29 is 4.74 Å². The van der Waals surface area contributed by atoms with E-state index >= 15 is 0 Å². The van der Waals surface area contributed by atoms with Gasteiger partial charge >= 0.3 is 0 Å². The van der Waals surface area contributed by atoms with Crippen molar-refractivity contribution in [2.24, 2.45) is 11.8 Å². The molecule has 1 aliphatic rings. The molecule has 0 aliphatic carbocycles. The van der Waals surface area contributed by atoms with Crippen LogP contribution in [-0.4, -0.2) is 51.3 Å². The maximum atomic E-state index is 5.14. The molecule has 1 N–H and O–H groups in total. The van der Waals surface area contributed by atoms with Crippen LogP contribution in [0.4, 0.5) is 0 Å². The third-order valence-electron chi connectivity index (χ3n) is 3.29. The maximum Gasteiger partial charge on any atom is 0.0499 e. The van der Waals surface area contributed by atoms with Gasteiger partial charge in [0.15, 0.2) is 0 Å². The number of piperidine rings is 1. The van der Waals surface area contributed by atoms with Crippen molar-refractivity contribution in [1.29, 1.82) is 0 Å². The smallest absolute Gasteiger partial charge is 0.0499 e. The second kappa shape index (κ2) is 6.46. The zero-order valence-corrected chi connectivity index (χ0v) is 10.6. The van der Waals surface area contributed by atoms with Gasteiger partial charge in [0.2, 0.25) is 0 Å². The molecule has 0 aromatic rings. The number of methoxy groups -OCH3 is 1. The fraction of sp³-hybridized carbons (Fsp3) is 1.00. The number of nitrogens with zero attached hydrogens (tertiary/aromatic N) is 1. The number of hydrogen-bond donors (Lipinski definition) is 1. The van der Waals surface area contributed by atoms with E-state index in [0.717, 1.165) is 19.1 Å². The summed E-state index contributed by atoms with van der Waals surface area (Å²) in [5.74, 6) is 1.38. The first-order valence-electron chi connectivity index (χ1n) is 6.04. The molecular weight excluding hydrogens is 188 g/mol. The first-order chi connectivity index (χ1) is 7.13. The maximum absolute atomic E-state index is 5.14. The SMILES string of the molecule is COCC(C)CNC1CCN(C)CC1C. The number of nitrogens with one attached hydrogen (secondary N) is 1. The van der Waals surface area contributed by atoms with E-state index in [1.165, 1.54) is 19.5 Å². The molecule has 0 radical (unpaired) electrons. The van der Waals surface area contributed by atoms with Crippen molar-refractivity contribution in [2.45, 2.75) is 26.3 Å². The van der Waals surface area contributed by atoms with Gasteiger partial charge in [0.05, 0.1) is 0 Å². The van der Waals surface area contributed by atoms with E-state index in [-0.39, 0.29) is 0 Å². The lowest BCUT2D eigenvalue weighted by Gasteiger charge is -2.35. The fourth-order valence-electron chi connectivity index (χ4n) is 2.35. The Bertz CT molecular complexity index is 175. The van der Waals surface area contributed by atoms with E-state index < -0.39 is 0 Å². The summed E-state index contributed by atoms with van der Waals surface area (Å²) in [5.41, 5.74) is 0. The summed E-state index contributed by atoms with van der Waals surface area (Å²) < 4.78 is 5.14. The van der Waals surface area contributed by atoms with Crippen LogP contribution in [0.1, 0.15) is 20.3 Å². The van der Waals surface area contributed by atoms with Crippen molar-refractivity contribution in [3.05, 3.63) is 0 Å². The van der Waals surface area contributed by atoms with Gasteiger partial charge in [0.1, 0.15) is 0 Å². The zero-order valence-electron chi connectivity index (χ0n) is 10.6. The van der Waals surface area contributed by atoms with Crippen molar-refractivity contribution in [1.82, 2.24) is 10.2 Å². The van der Waals surface area contributed by atoms with Crippen LogP contribution in [0.2, 0.25) is 0 Å². The molecule has 15 heavy (non-hydrogen) atoms. The van der Waals surface area contributed by atoms with Gasteiger partial charge in [-0.15, -0.1) is 0 Å². The molecule has 0 saturated carbocycles. The van der Waals surface area contributed by atoms with Gasteiger partial charge in [-0.2, -0.15) is 0 Å². The number of rotatable bonds is 5. The highest BCUT2D eigenvalue weighted by Crippen LogP contribution is 2.15. The van der Waals surface area contributed by atoms with Crippen molar-refractivity contribution in [2.75, 3.05) is 40.4 Å². The summed E-state index contributed by atoms with van der Waals surface area (Å²) in [7, 11) is 3.98. The molecule has 3 nitrogen and oxygen atoms in total.